The Bertz CT molecular complexity index is 992. The van der Waals surface area contributed by atoms with Crippen LogP contribution in [-0.2, 0) is 10.0 Å². The van der Waals surface area contributed by atoms with Crippen LogP contribution in [0, 0.1) is 0 Å². The van der Waals surface area contributed by atoms with Gasteiger partial charge in [-0.15, -0.1) is 0 Å². The molecule has 0 aliphatic heterocycles. The van der Waals surface area contributed by atoms with Gasteiger partial charge in [-0.25, -0.2) is 0 Å². The molecule has 0 bridgehead atoms. The molecule has 25 heavy (non-hydrogen) atoms. The van der Waals surface area contributed by atoms with Crippen molar-refractivity contribution < 1.29 is 13.5 Å². The maximum atomic E-state index is 11.4. The number of sulfonamides is 1. The Labute approximate surface area is 153 Å². The summed E-state index contributed by atoms with van der Waals surface area (Å²) >= 11 is -0.297. The minimum absolute atomic E-state index is 0.188. The van der Waals surface area contributed by atoms with Crippen LogP contribution in [0.15, 0.2) is 67.0 Å². The second-order valence-corrected chi connectivity index (χ2v) is 9.90. The van der Waals surface area contributed by atoms with Crippen molar-refractivity contribution in [3.8, 4) is 16.9 Å². The van der Waals surface area contributed by atoms with Crippen molar-refractivity contribution in [1.82, 2.24) is 4.98 Å². The van der Waals surface area contributed by atoms with Gasteiger partial charge in [-0.05, 0) is 0 Å². The molecule has 2 N–H and O–H groups in total. The van der Waals surface area contributed by atoms with Crippen molar-refractivity contribution in [3.05, 3.63) is 67.0 Å². The number of nitrogens with zero attached hydrogens (tertiary/aromatic N) is 1. The molecule has 3 rings (SSSR count). The van der Waals surface area contributed by atoms with E-state index in [0.717, 1.165) is 26.1 Å². The number of aromatic nitrogens is 1. The van der Waals surface area contributed by atoms with E-state index in [9.17, 15) is 13.5 Å². The summed E-state index contributed by atoms with van der Waals surface area (Å²) in [5, 5.41) is 10.1. The topological polar surface area (TPSA) is 79.3 Å². The second kappa shape index (κ2) is 7.29. The first-order valence-electron chi connectivity index (χ1n) is 7.43. The van der Waals surface area contributed by atoms with Crippen molar-refractivity contribution in [2.45, 2.75) is 0 Å². The Kier molecular flexibility index (Phi) is 5.11. The molecule has 7 heteroatoms. The van der Waals surface area contributed by atoms with Gasteiger partial charge in [-0.1, -0.05) is 0 Å². The number of anilines is 1. The van der Waals surface area contributed by atoms with Gasteiger partial charge in [0.25, 0.3) is 0 Å². The molecule has 0 saturated carbocycles. The summed E-state index contributed by atoms with van der Waals surface area (Å²) in [4.78, 5) is 4.13. The Hall–Kier alpha value is -2.30. The molecule has 0 spiro atoms. The van der Waals surface area contributed by atoms with Crippen LogP contribution >= 0.6 is 0 Å². The van der Waals surface area contributed by atoms with Gasteiger partial charge in [0.15, 0.2) is 0 Å². The standard InChI is InChI=1S/C18H16AsN2O3S/c1-25(23,24)21-17-6-2-4-13(9-17)14-8-16(11-18(22)10-14)19-15-5-3-7-20-12-15/h2-12,21-22H,1H3. The number of rotatable bonds is 5. The fourth-order valence-electron chi connectivity index (χ4n) is 2.37. The summed E-state index contributed by atoms with van der Waals surface area (Å²) in [5.74, 6) is 0.188. The van der Waals surface area contributed by atoms with Crippen molar-refractivity contribution in [2.24, 2.45) is 0 Å². The summed E-state index contributed by atoms with van der Waals surface area (Å²) in [7, 11) is -3.33. The van der Waals surface area contributed by atoms with E-state index in [2.05, 4.69) is 9.71 Å². The van der Waals surface area contributed by atoms with Crippen LogP contribution in [-0.4, -0.2) is 40.5 Å². The number of pyridine rings is 1. The van der Waals surface area contributed by atoms with Gasteiger partial charge in [0.05, 0.1) is 0 Å². The number of nitrogens with one attached hydrogen (secondary N) is 1. The molecular weight excluding hydrogens is 399 g/mol. The van der Waals surface area contributed by atoms with Gasteiger partial charge in [0.1, 0.15) is 0 Å². The number of hydrogen-bond acceptors (Lipinski definition) is 4. The molecule has 0 atom stereocenters. The van der Waals surface area contributed by atoms with Crippen LogP contribution in [0.5, 0.6) is 5.75 Å². The SMILES string of the molecule is CS(=O)(=O)Nc1cccc(-c2cc(O)cc([As]c3cccnc3)c2)c1. The Balaban J connectivity index is 1.94. The second-order valence-electron chi connectivity index (χ2n) is 5.52. The summed E-state index contributed by atoms with van der Waals surface area (Å²) in [6, 6.07) is 16.5. The zero-order valence-corrected chi connectivity index (χ0v) is 16.1. The van der Waals surface area contributed by atoms with Crippen LogP contribution in [0.2, 0.25) is 0 Å². The predicted octanol–water partition coefficient (Wildman–Crippen LogP) is 1.48. The molecule has 1 heterocycles. The molecule has 3 aromatic rings. The normalized spacial score (nSPS) is 11.7. The van der Waals surface area contributed by atoms with E-state index in [1.165, 1.54) is 0 Å². The average molecular weight is 415 g/mol. The molecule has 2 aromatic carbocycles. The fraction of sp³-hybridized carbons (Fsp3) is 0.0556. The fourth-order valence-corrected chi connectivity index (χ4v) is 4.99. The predicted molar refractivity (Wildman–Crippen MR) is 101 cm³/mol. The minimum atomic E-state index is -3.33. The summed E-state index contributed by atoms with van der Waals surface area (Å²) < 4.78 is 27.5. The molecule has 0 saturated heterocycles. The first-order chi connectivity index (χ1) is 11.9. The van der Waals surface area contributed by atoms with Gasteiger partial charge in [-0.2, -0.15) is 0 Å². The maximum absolute atomic E-state index is 11.4. The van der Waals surface area contributed by atoms with E-state index in [4.69, 9.17) is 0 Å². The molecular formula is C18H16AsN2O3S. The molecule has 5 nitrogen and oxygen atoms in total. The zero-order valence-electron chi connectivity index (χ0n) is 13.4. The van der Waals surface area contributed by atoms with Gasteiger partial charge >= 0.3 is 154 Å². The summed E-state index contributed by atoms with van der Waals surface area (Å²) in [6.07, 6.45) is 4.68. The van der Waals surface area contributed by atoms with Gasteiger partial charge in [-0.3, -0.25) is 0 Å². The third-order valence-corrected chi connectivity index (χ3v) is 6.09. The Morgan fingerprint density at radius 3 is 2.56 bits per heavy atom. The molecule has 0 aliphatic rings. The van der Waals surface area contributed by atoms with Crippen molar-refractivity contribution in [2.75, 3.05) is 11.0 Å². The quantitative estimate of drug-likeness (QED) is 0.619. The zero-order chi connectivity index (χ0) is 17.9. The molecule has 0 amide bonds. The van der Waals surface area contributed by atoms with E-state index in [-0.39, 0.29) is 21.5 Å². The van der Waals surface area contributed by atoms with Gasteiger partial charge < -0.3 is 0 Å². The van der Waals surface area contributed by atoms with E-state index in [1.807, 2.05) is 30.5 Å². The van der Waals surface area contributed by atoms with Crippen LogP contribution in [0.3, 0.4) is 0 Å². The van der Waals surface area contributed by atoms with Crippen LogP contribution in [0.1, 0.15) is 0 Å². The molecule has 0 aliphatic carbocycles. The molecule has 0 fully saturated rings. The first kappa shape index (κ1) is 17.5. The third-order valence-electron chi connectivity index (χ3n) is 3.31. The summed E-state index contributed by atoms with van der Waals surface area (Å²) in [6.45, 7) is 0. The summed E-state index contributed by atoms with van der Waals surface area (Å²) in [5.41, 5.74) is 2.16. The monoisotopic (exact) mass is 415 g/mol. The molecule has 127 valence electrons. The van der Waals surface area contributed by atoms with E-state index in [1.54, 1.807) is 36.5 Å². The third kappa shape index (κ3) is 5.08. The van der Waals surface area contributed by atoms with Crippen molar-refractivity contribution in [1.29, 1.82) is 0 Å². The van der Waals surface area contributed by atoms with Crippen molar-refractivity contribution >= 4 is 40.2 Å². The van der Waals surface area contributed by atoms with Crippen molar-refractivity contribution in [3.63, 3.8) is 0 Å². The number of benzene rings is 2. The van der Waals surface area contributed by atoms with E-state index < -0.39 is 10.0 Å². The Morgan fingerprint density at radius 1 is 1.00 bits per heavy atom. The van der Waals surface area contributed by atoms with Crippen LogP contribution in [0.4, 0.5) is 5.69 Å². The number of hydrogen-bond donors (Lipinski definition) is 2. The number of phenols is 1. The van der Waals surface area contributed by atoms with Crippen LogP contribution in [0.25, 0.3) is 11.1 Å². The molecule has 1 aromatic heterocycles. The van der Waals surface area contributed by atoms with Crippen LogP contribution < -0.4 is 13.4 Å². The average Bonchev–Trinajstić information content (AvgIpc) is 2.54. The molecule has 1 radical (unpaired) electrons. The Morgan fingerprint density at radius 2 is 1.84 bits per heavy atom. The van der Waals surface area contributed by atoms with E-state index in [0.29, 0.717) is 5.69 Å². The van der Waals surface area contributed by atoms with Gasteiger partial charge in [0, 0.05) is 0 Å². The first-order valence-corrected chi connectivity index (χ1v) is 11.2. The number of phenolic OH excluding ortho intramolecular Hbond substituents is 1. The molecule has 0 unspecified atom stereocenters. The van der Waals surface area contributed by atoms with E-state index >= 15 is 0 Å². The number of aromatic hydroxyl groups is 1. The van der Waals surface area contributed by atoms with Gasteiger partial charge in [0.2, 0.25) is 0 Å².